The molecule has 0 spiro atoms. The molecule has 0 unspecified atom stereocenters. The highest BCUT2D eigenvalue weighted by atomic mass is 32.2. The van der Waals surface area contributed by atoms with E-state index < -0.39 is 21.5 Å². The fourth-order valence-corrected chi connectivity index (χ4v) is 4.57. The van der Waals surface area contributed by atoms with Gasteiger partial charge in [-0.05, 0) is 23.1 Å². The second-order valence-electron chi connectivity index (χ2n) is 7.76. The maximum absolute atomic E-state index is 12.7. The summed E-state index contributed by atoms with van der Waals surface area (Å²) in [6, 6.07) is 9.93. The van der Waals surface area contributed by atoms with Crippen molar-refractivity contribution in [1.29, 1.82) is 0 Å². The normalized spacial score (nSPS) is 12.2. The smallest absolute Gasteiger partial charge is 0.251 e. The maximum atomic E-state index is 12.7. The van der Waals surface area contributed by atoms with E-state index in [1.54, 1.807) is 13.8 Å². The van der Waals surface area contributed by atoms with Crippen LogP contribution in [0.1, 0.15) is 40.2 Å². The lowest BCUT2D eigenvalue weighted by molar-refractivity contribution is -0.116. The third kappa shape index (κ3) is 5.33. The van der Waals surface area contributed by atoms with Crippen molar-refractivity contribution in [3.63, 3.8) is 0 Å². The molecule has 158 valence electrons. The third-order valence-corrected chi connectivity index (χ3v) is 6.66. The minimum Gasteiger partial charge on any atom is -0.324 e. The standard InChI is InChI=1S/C21H29N3O4S/c1-6-24(7-2)29(27,28)16-12-13-20(26)23(14-16)15-19(25)22-18-11-9-8-10-17(18)21(3,4)5/h8-14H,6-7,15H2,1-5H3,(H,22,25). The van der Waals surface area contributed by atoms with Crippen LogP contribution in [0.4, 0.5) is 5.69 Å². The fourth-order valence-electron chi connectivity index (χ4n) is 3.09. The number of para-hydroxylation sites is 1. The number of carbonyl (C=O) groups is 1. The lowest BCUT2D eigenvalue weighted by atomic mass is 9.86. The van der Waals surface area contributed by atoms with Gasteiger partial charge in [-0.25, -0.2) is 8.42 Å². The van der Waals surface area contributed by atoms with Crippen LogP contribution in [0.2, 0.25) is 0 Å². The summed E-state index contributed by atoms with van der Waals surface area (Å²) in [6.07, 6.45) is 1.23. The Morgan fingerprint density at radius 1 is 1.07 bits per heavy atom. The second kappa shape index (κ2) is 8.92. The molecule has 0 saturated heterocycles. The molecule has 1 amide bonds. The summed E-state index contributed by atoms with van der Waals surface area (Å²) in [5.74, 6) is -0.402. The molecule has 1 aromatic carbocycles. The molecule has 0 aliphatic carbocycles. The number of rotatable bonds is 7. The molecule has 0 aliphatic rings. The van der Waals surface area contributed by atoms with E-state index in [9.17, 15) is 18.0 Å². The number of hydrogen-bond acceptors (Lipinski definition) is 4. The molecule has 0 bridgehead atoms. The average Bonchev–Trinajstić information content (AvgIpc) is 2.63. The van der Waals surface area contributed by atoms with Gasteiger partial charge in [0.25, 0.3) is 5.56 Å². The third-order valence-electron chi connectivity index (χ3n) is 4.62. The van der Waals surface area contributed by atoms with Crippen LogP contribution in [-0.2, 0) is 26.8 Å². The zero-order chi connectivity index (χ0) is 21.8. The van der Waals surface area contributed by atoms with Crippen LogP contribution in [0.15, 0.2) is 52.3 Å². The van der Waals surface area contributed by atoms with Crippen molar-refractivity contribution in [1.82, 2.24) is 8.87 Å². The fraction of sp³-hybridized carbons (Fsp3) is 0.429. The summed E-state index contributed by atoms with van der Waals surface area (Å²) >= 11 is 0. The van der Waals surface area contributed by atoms with Crippen LogP contribution < -0.4 is 10.9 Å². The Hall–Kier alpha value is -2.45. The van der Waals surface area contributed by atoms with Crippen molar-refractivity contribution < 1.29 is 13.2 Å². The number of nitrogens with one attached hydrogen (secondary N) is 1. The van der Waals surface area contributed by atoms with Crippen molar-refractivity contribution >= 4 is 21.6 Å². The average molecular weight is 420 g/mol. The molecule has 0 atom stereocenters. The molecule has 1 N–H and O–H groups in total. The molecular formula is C21H29N3O4S. The topological polar surface area (TPSA) is 88.5 Å². The number of nitrogens with zero attached hydrogens (tertiary/aromatic N) is 2. The first-order valence-electron chi connectivity index (χ1n) is 9.60. The van der Waals surface area contributed by atoms with Gasteiger partial charge in [0.05, 0.1) is 4.90 Å². The Labute approximate surface area is 172 Å². The minimum absolute atomic E-state index is 0.0105. The van der Waals surface area contributed by atoms with Gasteiger partial charge in [-0.2, -0.15) is 4.31 Å². The molecule has 2 rings (SSSR count). The van der Waals surface area contributed by atoms with Crippen molar-refractivity contribution in [3.8, 4) is 0 Å². The maximum Gasteiger partial charge on any atom is 0.251 e. The predicted octanol–water partition coefficient (Wildman–Crippen LogP) is 2.82. The van der Waals surface area contributed by atoms with Crippen molar-refractivity contribution in [2.75, 3.05) is 18.4 Å². The van der Waals surface area contributed by atoms with E-state index in [1.165, 1.54) is 22.6 Å². The van der Waals surface area contributed by atoms with Gasteiger partial charge >= 0.3 is 0 Å². The van der Waals surface area contributed by atoms with Crippen molar-refractivity contribution in [3.05, 3.63) is 58.5 Å². The Morgan fingerprint density at radius 3 is 2.28 bits per heavy atom. The predicted molar refractivity (Wildman–Crippen MR) is 115 cm³/mol. The van der Waals surface area contributed by atoms with E-state index in [0.29, 0.717) is 18.8 Å². The summed E-state index contributed by atoms with van der Waals surface area (Å²) in [4.78, 5) is 24.8. The first-order chi connectivity index (χ1) is 13.5. The Balaban J connectivity index is 2.30. The number of hydrogen-bond donors (Lipinski definition) is 1. The molecule has 0 saturated carbocycles. The first-order valence-corrected chi connectivity index (χ1v) is 11.0. The van der Waals surface area contributed by atoms with E-state index in [2.05, 4.69) is 5.32 Å². The van der Waals surface area contributed by atoms with Gasteiger partial charge in [0, 0.05) is 31.0 Å². The number of amides is 1. The number of aromatic nitrogens is 1. The number of anilines is 1. The number of benzene rings is 1. The highest BCUT2D eigenvalue weighted by molar-refractivity contribution is 7.89. The van der Waals surface area contributed by atoms with E-state index in [4.69, 9.17) is 0 Å². The van der Waals surface area contributed by atoms with Crippen LogP contribution in [0.5, 0.6) is 0 Å². The molecule has 0 radical (unpaired) electrons. The molecule has 1 heterocycles. The van der Waals surface area contributed by atoms with Crippen LogP contribution in [0.25, 0.3) is 0 Å². The SMILES string of the molecule is CCN(CC)S(=O)(=O)c1ccc(=O)n(CC(=O)Nc2ccccc2C(C)(C)C)c1. The molecular weight excluding hydrogens is 390 g/mol. The van der Waals surface area contributed by atoms with Crippen LogP contribution in [-0.4, -0.2) is 36.3 Å². The number of sulfonamides is 1. The quantitative estimate of drug-likeness (QED) is 0.747. The van der Waals surface area contributed by atoms with E-state index in [1.807, 2.05) is 45.0 Å². The monoisotopic (exact) mass is 419 g/mol. The lowest BCUT2D eigenvalue weighted by Crippen LogP contribution is -2.33. The number of carbonyl (C=O) groups excluding carboxylic acids is 1. The van der Waals surface area contributed by atoms with E-state index >= 15 is 0 Å². The van der Waals surface area contributed by atoms with Gasteiger partial charge in [-0.1, -0.05) is 52.8 Å². The first kappa shape index (κ1) is 22.8. The molecule has 0 fully saturated rings. The van der Waals surface area contributed by atoms with E-state index in [0.717, 1.165) is 10.1 Å². The van der Waals surface area contributed by atoms with Crippen LogP contribution >= 0.6 is 0 Å². The van der Waals surface area contributed by atoms with Gasteiger partial charge in [0.1, 0.15) is 6.54 Å². The van der Waals surface area contributed by atoms with Gasteiger partial charge in [-0.15, -0.1) is 0 Å². The zero-order valence-corrected chi connectivity index (χ0v) is 18.4. The van der Waals surface area contributed by atoms with Gasteiger partial charge in [0.15, 0.2) is 0 Å². The summed E-state index contributed by atoms with van der Waals surface area (Å²) in [5, 5.41) is 2.84. The van der Waals surface area contributed by atoms with Gasteiger partial charge < -0.3 is 9.88 Å². The Morgan fingerprint density at radius 2 is 1.69 bits per heavy atom. The molecule has 1 aromatic heterocycles. The van der Waals surface area contributed by atoms with E-state index in [-0.39, 0.29) is 16.9 Å². The highest BCUT2D eigenvalue weighted by Gasteiger charge is 2.23. The van der Waals surface area contributed by atoms with Gasteiger partial charge in [-0.3, -0.25) is 9.59 Å². The summed E-state index contributed by atoms with van der Waals surface area (Å²) < 4.78 is 27.8. The Bertz CT molecular complexity index is 1030. The van der Waals surface area contributed by atoms with Crippen LogP contribution in [0, 0.1) is 0 Å². The molecule has 29 heavy (non-hydrogen) atoms. The Kier molecular flexibility index (Phi) is 7.02. The molecule has 2 aromatic rings. The van der Waals surface area contributed by atoms with Crippen LogP contribution in [0.3, 0.4) is 0 Å². The summed E-state index contributed by atoms with van der Waals surface area (Å²) in [5.41, 5.74) is 1.03. The largest absolute Gasteiger partial charge is 0.324 e. The zero-order valence-electron chi connectivity index (χ0n) is 17.6. The van der Waals surface area contributed by atoms with Crippen molar-refractivity contribution in [2.24, 2.45) is 0 Å². The molecule has 7 nitrogen and oxygen atoms in total. The second-order valence-corrected chi connectivity index (χ2v) is 9.70. The molecule has 8 heteroatoms. The molecule has 0 aliphatic heterocycles. The summed E-state index contributed by atoms with van der Waals surface area (Å²) in [6.45, 7) is 10.00. The number of pyridine rings is 1. The highest BCUT2D eigenvalue weighted by Crippen LogP contribution is 2.29. The minimum atomic E-state index is -3.72. The summed E-state index contributed by atoms with van der Waals surface area (Å²) in [7, 11) is -3.72. The van der Waals surface area contributed by atoms with Gasteiger partial charge in [0.2, 0.25) is 15.9 Å². The lowest BCUT2D eigenvalue weighted by Gasteiger charge is -2.23. The van der Waals surface area contributed by atoms with Crippen molar-refractivity contribution in [2.45, 2.75) is 51.5 Å².